The molecule has 64 heavy (non-hydrogen) atoms. The zero-order valence-electron chi connectivity index (χ0n) is 36.3. The van der Waals surface area contributed by atoms with Crippen molar-refractivity contribution < 1.29 is 80.5 Å². The van der Waals surface area contributed by atoms with Gasteiger partial charge in [-0.3, -0.25) is 32.5 Å². The molecule has 0 spiro atoms. The summed E-state index contributed by atoms with van der Waals surface area (Å²) in [7, 11) is -16.4. The number of Topliss-reactive ketones (excluding diaryl/α,β-unsaturated/α-hetero) is 1. The fraction of sp³-hybridized carbons (Fsp3) is 0.778. The van der Waals surface area contributed by atoms with E-state index in [0.29, 0.717) is 24.5 Å². The smallest absolute Gasteiger partial charge is 0.386 e. The normalized spacial score (nSPS) is 20.5. The van der Waals surface area contributed by atoms with Crippen LogP contribution in [0.2, 0.25) is 0 Å². The maximum atomic E-state index is 12.7. The van der Waals surface area contributed by atoms with Gasteiger partial charge in [-0.25, -0.2) is 28.6 Å². The van der Waals surface area contributed by atoms with Crippen molar-refractivity contribution in [1.82, 2.24) is 30.2 Å². The van der Waals surface area contributed by atoms with E-state index >= 15 is 0 Å². The minimum absolute atomic E-state index is 0.0343. The van der Waals surface area contributed by atoms with E-state index in [1.807, 2.05) is 0 Å². The number of ether oxygens (including phenoxy) is 1. The molecule has 0 saturated carbocycles. The number of anilines is 1. The summed E-state index contributed by atoms with van der Waals surface area (Å²) in [5.74, 6) is -0.303. The van der Waals surface area contributed by atoms with Crippen molar-refractivity contribution in [1.29, 1.82) is 0 Å². The molecular weight excluding hydrogens is 927 g/mol. The fourth-order valence-electron chi connectivity index (χ4n) is 6.45. The minimum Gasteiger partial charge on any atom is -0.386 e. The number of thioether (sulfide) groups is 1. The van der Waals surface area contributed by atoms with E-state index in [2.05, 4.69) is 41.3 Å². The van der Waals surface area contributed by atoms with E-state index in [9.17, 15) is 57.9 Å². The first kappa shape index (κ1) is 55.9. The van der Waals surface area contributed by atoms with Gasteiger partial charge in [0.1, 0.15) is 42.0 Å². The average molecular weight is 992 g/mol. The third-order valence-electron chi connectivity index (χ3n) is 9.97. The van der Waals surface area contributed by atoms with E-state index in [0.717, 1.165) is 36.5 Å². The number of aliphatic hydroxyl groups excluding tert-OH is 2. The number of nitrogens with two attached hydrogens (primary N) is 1. The number of carbonyl (C=O) groups excluding carboxylic acids is 3. The second kappa shape index (κ2) is 26.8. The van der Waals surface area contributed by atoms with Crippen molar-refractivity contribution in [2.75, 3.05) is 43.5 Å². The number of ketones is 1. The van der Waals surface area contributed by atoms with E-state index < -0.39 is 78.6 Å². The van der Waals surface area contributed by atoms with Gasteiger partial charge in [0.15, 0.2) is 17.7 Å². The number of phosphoric ester groups is 3. The van der Waals surface area contributed by atoms with Crippen LogP contribution in [0.1, 0.15) is 110 Å². The van der Waals surface area contributed by atoms with Crippen LogP contribution in [0, 0.1) is 5.41 Å². The molecule has 2 aromatic heterocycles. The molecule has 0 aliphatic carbocycles. The molecule has 1 aliphatic rings. The number of nitrogen functional groups attached to an aromatic ring is 1. The van der Waals surface area contributed by atoms with Crippen LogP contribution in [0.5, 0.6) is 0 Å². The van der Waals surface area contributed by atoms with Gasteiger partial charge in [-0.15, -0.1) is 0 Å². The lowest BCUT2D eigenvalue weighted by Crippen LogP contribution is -2.46. The first-order chi connectivity index (χ1) is 30.1. The molecule has 1 aliphatic heterocycles. The van der Waals surface area contributed by atoms with Crippen LogP contribution >= 0.6 is 35.2 Å². The zero-order chi connectivity index (χ0) is 47.6. The Morgan fingerprint density at radius 1 is 0.906 bits per heavy atom. The molecule has 1 saturated heterocycles. The zero-order valence-corrected chi connectivity index (χ0v) is 39.8. The van der Waals surface area contributed by atoms with Crippen molar-refractivity contribution in [3.05, 3.63) is 12.7 Å². The predicted octanol–water partition coefficient (Wildman–Crippen LogP) is 3.41. The molecule has 0 aromatic carbocycles. The Labute approximate surface area is 376 Å². The van der Waals surface area contributed by atoms with Gasteiger partial charge < -0.3 is 50.9 Å². The molecule has 3 rings (SSSR count). The van der Waals surface area contributed by atoms with Crippen LogP contribution in [0.15, 0.2) is 12.7 Å². The number of aliphatic hydroxyl groups is 2. The minimum atomic E-state index is -5.57. The van der Waals surface area contributed by atoms with Gasteiger partial charge in [-0.1, -0.05) is 85.0 Å². The first-order valence-electron chi connectivity index (χ1n) is 21.0. The van der Waals surface area contributed by atoms with E-state index in [-0.39, 0.29) is 41.6 Å². The standard InChI is InChI=1S/C36H64N7O17P3S/c1-4-5-6-7-8-9-10-11-12-13-14-15-25(44)21-64-19-18-38-27(45)16-17-39-34(48)31(47)36(2,3)22-57-63(54,55)60-62(52,53)56-20-26-30(59-61(49,50)51)29(46)35(58-26)43-24-42-28-32(37)40-23-41-33(28)43/h23-24,26,29-31,35,46-47H,4-22H2,1-3H3,(H,38,45)(H,39,48)(H,52,53)(H,54,55)(H2,37,40,41)(H2,49,50,51)/t26?,29?,30?,31-,35?/m1/s1. The number of imidazole rings is 1. The molecule has 7 atom stereocenters. The van der Waals surface area contributed by atoms with Crippen molar-refractivity contribution >= 4 is 69.8 Å². The lowest BCUT2D eigenvalue weighted by Gasteiger charge is -2.30. The summed E-state index contributed by atoms with van der Waals surface area (Å²) in [6, 6.07) is 0. The highest BCUT2D eigenvalue weighted by molar-refractivity contribution is 7.99. The molecule has 28 heteroatoms. The third-order valence-corrected chi connectivity index (χ3v) is 14.1. The molecule has 366 valence electrons. The summed E-state index contributed by atoms with van der Waals surface area (Å²) in [6.07, 6.45) is 7.05. The molecule has 1 fully saturated rings. The van der Waals surface area contributed by atoms with Gasteiger partial charge in [-0.05, 0) is 6.42 Å². The number of hydrogen-bond acceptors (Lipinski definition) is 18. The second-order valence-electron chi connectivity index (χ2n) is 15.9. The Bertz CT molecular complexity index is 1940. The highest BCUT2D eigenvalue weighted by Gasteiger charge is 2.50. The molecule has 2 amide bonds. The first-order valence-corrected chi connectivity index (χ1v) is 26.7. The van der Waals surface area contributed by atoms with E-state index in [1.54, 1.807) is 0 Å². The predicted molar refractivity (Wildman–Crippen MR) is 233 cm³/mol. The van der Waals surface area contributed by atoms with Crippen LogP contribution in [0.4, 0.5) is 5.82 Å². The Hall–Kier alpha value is -2.44. The molecule has 0 radical (unpaired) electrons. The lowest BCUT2D eigenvalue weighted by molar-refractivity contribution is -0.137. The summed E-state index contributed by atoms with van der Waals surface area (Å²) < 4.78 is 62.4. The summed E-state index contributed by atoms with van der Waals surface area (Å²) in [4.78, 5) is 88.2. The SMILES string of the molecule is CCCCCCCCCCCCCC(=O)CSCCNC(=O)CCNC(=O)[C@@H](O)C(C)(C)COP(=O)(O)OP(=O)(O)OCC1OC(n2cnc3c(N)ncnc32)C(O)C1OP(=O)(O)O. The van der Waals surface area contributed by atoms with Crippen LogP contribution < -0.4 is 16.4 Å². The number of hydrogen-bond donors (Lipinski definition) is 9. The number of nitrogens with one attached hydrogen (secondary N) is 2. The molecular formula is C36H64N7O17P3S. The highest BCUT2D eigenvalue weighted by atomic mass is 32.2. The van der Waals surface area contributed by atoms with Crippen LogP contribution in [0.25, 0.3) is 11.2 Å². The Kier molecular flexibility index (Phi) is 23.4. The molecule has 24 nitrogen and oxygen atoms in total. The van der Waals surface area contributed by atoms with Crippen molar-refractivity contribution in [3.63, 3.8) is 0 Å². The Morgan fingerprint density at radius 3 is 2.17 bits per heavy atom. The van der Waals surface area contributed by atoms with Crippen LogP contribution in [0.3, 0.4) is 0 Å². The van der Waals surface area contributed by atoms with Crippen molar-refractivity contribution in [2.24, 2.45) is 5.41 Å². The van der Waals surface area contributed by atoms with Gasteiger partial charge in [0, 0.05) is 37.1 Å². The number of carbonyl (C=O) groups is 3. The van der Waals surface area contributed by atoms with Gasteiger partial charge in [0.05, 0.1) is 25.3 Å². The van der Waals surface area contributed by atoms with Crippen LogP contribution in [-0.4, -0.2) is 129 Å². The number of aromatic nitrogens is 4. The molecule has 6 unspecified atom stereocenters. The number of amides is 2. The Balaban J connectivity index is 1.34. The number of fused-ring (bicyclic) bond motifs is 1. The topological polar surface area (TPSA) is 364 Å². The third kappa shape index (κ3) is 19.8. The van der Waals surface area contributed by atoms with Gasteiger partial charge in [-0.2, -0.15) is 16.1 Å². The Morgan fingerprint density at radius 2 is 1.53 bits per heavy atom. The summed E-state index contributed by atoms with van der Waals surface area (Å²) >= 11 is 1.43. The van der Waals surface area contributed by atoms with Gasteiger partial charge in [0.2, 0.25) is 11.8 Å². The molecule has 2 aromatic rings. The number of nitrogens with zero attached hydrogens (tertiary/aromatic N) is 4. The van der Waals surface area contributed by atoms with E-state index in [1.165, 1.54) is 77.0 Å². The maximum absolute atomic E-state index is 12.7. The van der Waals surface area contributed by atoms with Crippen molar-refractivity contribution in [2.45, 2.75) is 135 Å². The number of rotatable bonds is 33. The summed E-state index contributed by atoms with van der Waals surface area (Å²) in [5, 5.41) is 26.6. The number of phosphoric acid groups is 3. The lowest BCUT2D eigenvalue weighted by atomic mass is 9.87. The molecule has 3 heterocycles. The summed E-state index contributed by atoms with van der Waals surface area (Å²) in [6.45, 7) is 2.89. The molecule has 0 bridgehead atoms. The quantitative estimate of drug-likeness (QED) is 0.0365. The maximum Gasteiger partial charge on any atom is 0.481 e. The molecule has 10 N–H and O–H groups in total. The van der Waals surface area contributed by atoms with E-state index in [4.69, 9.17) is 19.5 Å². The second-order valence-corrected chi connectivity index (χ2v) is 21.3. The highest BCUT2D eigenvalue weighted by Crippen LogP contribution is 2.61. The van der Waals surface area contributed by atoms with Crippen LogP contribution in [-0.2, 0) is 50.7 Å². The largest absolute Gasteiger partial charge is 0.481 e. The average Bonchev–Trinajstić information content (AvgIpc) is 3.77. The summed E-state index contributed by atoms with van der Waals surface area (Å²) in [5.41, 5.74) is 4.29. The monoisotopic (exact) mass is 991 g/mol. The number of unbranched alkanes of at least 4 members (excludes halogenated alkanes) is 10. The fourth-order valence-corrected chi connectivity index (χ4v) is 10.0. The van der Waals surface area contributed by atoms with Gasteiger partial charge in [0.25, 0.3) is 0 Å². The van der Waals surface area contributed by atoms with Crippen molar-refractivity contribution in [3.8, 4) is 0 Å². The van der Waals surface area contributed by atoms with Gasteiger partial charge >= 0.3 is 23.5 Å².